The van der Waals surface area contributed by atoms with Crippen molar-refractivity contribution in [2.75, 3.05) is 33.4 Å². The molecule has 0 aliphatic carbocycles. The normalized spacial score (nSPS) is 16.5. The van der Waals surface area contributed by atoms with E-state index in [1.165, 1.54) is 7.11 Å². The van der Waals surface area contributed by atoms with Crippen LogP contribution in [-0.4, -0.2) is 56.0 Å². The lowest BCUT2D eigenvalue weighted by molar-refractivity contribution is -0.157. The van der Waals surface area contributed by atoms with Crippen LogP contribution in [0.5, 0.6) is 0 Å². The van der Waals surface area contributed by atoms with Gasteiger partial charge < -0.3 is 14.4 Å². The monoisotopic (exact) mass is 535 g/mol. The highest BCUT2D eigenvalue weighted by Gasteiger charge is 2.45. The van der Waals surface area contributed by atoms with Gasteiger partial charge >= 0.3 is 5.97 Å². The van der Waals surface area contributed by atoms with Crippen LogP contribution in [0.1, 0.15) is 35.2 Å². The molecule has 1 fully saturated rings. The highest BCUT2D eigenvalue weighted by atomic mass is 79.9. The third-order valence-electron chi connectivity index (χ3n) is 6.00. The first-order valence-electron chi connectivity index (χ1n) is 10.9. The van der Waals surface area contributed by atoms with Crippen molar-refractivity contribution in [3.05, 3.63) is 69.2 Å². The second kappa shape index (κ2) is 11.8. The van der Waals surface area contributed by atoms with Gasteiger partial charge in [-0.05, 0) is 36.2 Å². The minimum atomic E-state index is -1.17. The van der Waals surface area contributed by atoms with E-state index in [1.54, 1.807) is 53.4 Å². The highest BCUT2D eigenvalue weighted by Crippen LogP contribution is 2.39. The van der Waals surface area contributed by atoms with Crippen molar-refractivity contribution in [1.29, 1.82) is 0 Å². The summed E-state index contributed by atoms with van der Waals surface area (Å²) in [6.45, 7) is 3.46. The fourth-order valence-corrected chi connectivity index (χ4v) is 4.67. The summed E-state index contributed by atoms with van der Waals surface area (Å²) in [5.74, 6) is -3.65. The van der Waals surface area contributed by atoms with Crippen molar-refractivity contribution in [3.63, 3.8) is 0 Å². The Balaban J connectivity index is 2.09. The summed E-state index contributed by atoms with van der Waals surface area (Å²) in [4.78, 5) is 41.9. The maximum absolute atomic E-state index is 13.6. The van der Waals surface area contributed by atoms with Crippen molar-refractivity contribution in [2.24, 2.45) is 11.8 Å². The van der Waals surface area contributed by atoms with Gasteiger partial charge in [-0.25, -0.2) is 0 Å². The molecule has 176 valence electrons. The number of carbonyl (C=O) groups excluding carboxylic acids is 3. The first kappa shape index (κ1) is 25.4. The van der Waals surface area contributed by atoms with Gasteiger partial charge in [-0.2, -0.15) is 0 Å². The Morgan fingerprint density at radius 3 is 2.21 bits per heavy atom. The number of hydrogen-bond acceptors (Lipinski definition) is 5. The van der Waals surface area contributed by atoms with Gasteiger partial charge in [0.1, 0.15) is 5.92 Å². The molecule has 1 saturated heterocycles. The molecule has 6 nitrogen and oxygen atoms in total. The highest BCUT2D eigenvalue weighted by molar-refractivity contribution is 9.10. The van der Waals surface area contributed by atoms with Crippen LogP contribution in [0.25, 0.3) is 0 Å². The molecule has 0 aromatic heterocycles. The number of benzene rings is 2. The number of nitrogens with zero attached hydrogens (tertiary/aromatic N) is 1. The van der Waals surface area contributed by atoms with E-state index in [4.69, 9.17) is 21.1 Å². The second-order valence-electron chi connectivity index (χ2n) is 7.90. The largest absolute Gasteiger partial charge is 0.468 e. The van der Waals surface area contributed by atoms with Crippen molar-refractivity contribution >= 4 is 45.2 Å². The standard InChI is InChI=1S/C25H27BrClNO5/c1-3-20(23(29)17-4-8-18(26)9-5-17)21(16-6-10-19(27)11-7-16)22(25(31)32-2)24(30)28-12-14-33-15-13-28/h4-11,20-22H,3,12-15H2,1-2H3/t20-,21+,22+/m1/s1. The van der Waals surface area contributed by atoms with E-state index < -0.39 is 23.7 Å². The molecule has 2 aromatic carbocycles. The number of ketones is 1. The van der Waals surface area contributed by atoms with Gasteiger partial charge in [-0.15, -0.1) is 0 Å². The number of esters is 1. The molecule has 0 radical (unpaired) electrons. The minimum absolute atomic E-state index is 0.131. The fraction of sp³-hybridized carbons (Fsp3) is 0.400. The third kappa shape index (κ3) is 6.02. The van der Waals surface area contributed by atoms with E-state index in [0.717, 1.165) is 4.47 Å². The van der Waals surface area contributed by atoms with E-state index in [2.05, 4.69) is 15.9 Å². The molecular formula is C25H27BrClNO5. The molecule has 0 saturated carbocycles. The van der Waals surface area contributed by atoms with E-state index in [0.29, 0.717) is 48.9 Å². The van der Waals surface area contributed by atoms with Crippen LogP contribution in [0, 0.1) is 11.8 Å². The van der Waals surface area contributed by atoms with Gasteiger partial charge in [0.05, 0.1) is 20.3 Å². The first-order valence-corrected chi connectivity index (χ1v) is 12.0. The third-order valence-corrected chi connectivity index (χ3v) is 6.78. The van der Waals surface area contributed by atoms with Gasteiger partial charge in [-0.1, -0.05) is 58.7 Å². The van der Waals surface area contributed by atoms with Gasteiger partial charge in [-0.3, -0.25) is 14.4 Å². The SMILES string of the molecule is CC[C@@H](C(=O)c1ccc(Br)cc1)[C@H](c1ccc(Cl)cc1)[C@H](C(=O)OC)C(=O)N1CCOCC1. The number of morpholine rings is 1. The predicted molar refractivity (Wildman–Crippen MR) is 129 cm³/mol. The van der Waals surface area contributed by atoms with Gasteiger partial charge in [0, 0.05) is 40.0 Å². The summed E-state index contributed by atoms with van der Waals surface area (Å²) in [5.41, 5.74) is 1.21. The molecule has 0 spiro atoms. The van der Waals surface area contributed by atoms with Crippen LogP contribution in [0.4, 0.5) is 0 Å². The van der Waals surface area contributed by atoms with Crippen LogP contribution in [0.15, 0.2) is 53.0 Å². The molecule has 0 N–H and O–H groups in total. The van der Waals surface area contributed by atoms with Gasteiger partial charge in [0.25, 0.3) is 0 Å². The minimum Gasteiger partial charge on any atom is -0.468 e. The van der Waals surface area contributed by atoms with E-state index in [1.807, 2.05) is 6.92 Å². The number of halogens is 2. The Morgan fingerprint density at radius 2 is 1.67 bits per heavy atom. The fourth-order valence-electron chi connectivity index (χ4n) is 4.28. The number of Topliss-reactive ketones (excluding diaryl/α,β-unsaturated/α-hetero) is 1. The number of hydrogen-bond donors (Lipinski definition) is 0. The average molecular weight is 537 g/mol. The summed E-state index contributed by atoms with van der Waals surface area (Å²) < 4.78 is 11.3. The molecule has 1 aliphatic heterocycles. The molecule has 0 unspecified atom stereocenters. The Kier molecular flexibility index (Phi) is 9.06. The summed E-state index contributed by atoms with van der Waals surface area (Å²) in [6, 6.07) is 14.0. The number of methoxy groups -OCH3 is 1. The second-order valence-corrected chi connectivity index (χ2v) is 9.25. The van der Waals surface area contributed by atoms with Crippen LogP contribution in [0.3, 0.4) is 0 Å². The Morgan fingerprint density at radius 1 is 1.06 bits per heavy atom. The van der Waals surface area contributed by atoms with Crippen molar-refractivity contribution in [2.45, 2.75) is 19.3 Å². The number of carbonyl (C=O) groups is 3. The molecule has 33 heavy (non-hydrogen) atoms. The lowest BCUT2D eigenvalue weighted by Crippen LogP contribution is -2.49. The molecule has 1 heterocycles. The van der Waals surface area contributed by atoms with Gasteiger partial charge in [0.15, 0.2) is 5.78 Å². The van der Waals surface area contributed by atoms with Crippen LogP contribution in [0.2, 0.25) is 5.02 Å². The molecule has 1 amide bonds. The number of amides is 1. The van der Waals surface area contributed by atoms with Crippen molar-refractivity contribution in [1.82, 2.24) is 4.90 Å². The number of ether oxygens (including phenoxy) is 2. The topological polar surface area (TPSA) is 72.9 Å². The molecular weight excluding hydrogens is 510 g/mol. The quantitative estimate of drug-likeness (QED) is 0.277. The van der Waals surface area contributed by atoms with E-state index in [9.17, 15) is 14.4 Å². The Hall–Kier alpha value is -2.22. The zero-order valence-corrected chi connectivity index (χ0v) is 21.0. The molecule has 3 rings (SSSR count). The maximum atomic E-state index is 13.6. The molecule has 3 atom stereocenters. The summed E-state index contributed by atoms with van der Waals surface area (Å²) >= 11 is 9.50. The molecule has 1 aliphatic rings. The van der Waals surface area contributed by atoms with Crippen LogP contribution >= 0.6 is 27.5 Å². The van der Waals surface area contributed by atoms with E-state index >= 15 is 0 Å². The predicted octanol–water partition coefficient (Wildman–Crippen LogP) is 4.74. The summed E-state index contributed by atoms with van der Waals surface area (Å²) in [7, 11) is 1.26. The smallest absolute Gasteiger partial charge is 0.318 e. The molecule has 2 aromatic rings. The number of rotatable bonds is 8. The zero-order valence-electron chi connectivity index (χ0n) is 18.6. The Bertz CT molecular complexity index is 973. The van der Waals surface area contributed by atoms with E-state index in [-0.39, 0.29) is 11.7 Å². The maximum Gasteiger partial charge on any atom is 0.318 e. The molecule has 8 heteroatoms. The van der Waals surface area contributed by atoms with Crippen molar-refractivity contribution < 1.29 is 23.9 Å². The lowest BCUT2D eigenvalue weighted by Gasteiger charge is -2.35. The van der Waals surface area contributed by atoms with Crippen LogP contribution in [-0.2, 0) is 19.1 Å². The summed E-state index contributed by atoms with van der Waals surface area (Å²) in [5, 5.41) is 0.527. The van der Waals surface area contributed by atoms with Gasteiger partial charge in [0.2, 0.25) is 5.91 Å². The van der Waals surface area contributed by atoms with Crippen LogP contribution < -0.4 is 0 Å². The summed E-state index contributed by atoms with van der Waals surface area (Å²) in [6.07, 6.45) is 0.437. The molecule has 0 bridgehead atoms. The van der Waals surface area contributed by atoms with Crippen molar-refractivity contribution in [3.8, 4) is 0 Å². The average Bonchev–Trinajstić information content (AvgIpc) is 2.84. The first-order chi connectivity index (χ1) is 15.9. The Labute approximate surface area is 207 Å². The lowest BCUT2D eigenvalue weighted by atomic mass is 9.72. The zero-order chi connectivity index (χ0) is 24.0.